The van der Waals surface area contributed by atoms with Crippen LogP contribution in [0.2, 0.25) is 0 Å². The Bertz CT molecular complexity index is 381. The molecular formula is C11H10BrNS. The second-order valence-corrected chi connectivity index (χ2v) is 5.98. The molecule has 2 unspecified atom stereocenters. The van der Waals surface area contributed by atoms with Crippen molar-refractivity contribution in [2.24, 2.45) is 5.92 Å². The number of benzene rings is 1. The zero-order chi connectivity index (χ0) is 10.2. The fraction of sp³-hybridized carbons (Fsp3) is 0.364. The van der Waals surface area contributed by atoms with Gasteiger partial charge in [0, 0.05) is 9.37 Å². The van der Waals surface area contributed by atoms with Crippen LogP contribution in [0, 0.1) is 17.2 Å². The van der Waals surface area contributed by atoms with Crippen molar-refractivity contribution in [2.45, 2.75) is 23.0 Å². The minimum absolute atomic E-state index is 0.145. The van der Waals surface area contributed by atoms with Gasteiger partial charge < -0.3 is 0 Å². The van der Waals surface area contributed by atoms with Crippen molar-refractivity contribution in [2.75, 3.05) is 0 Å². The molecular weight excluding hydrogens is 258 g/mol. The fourth-order valence-electron chi connectivity index (χ4n) is 1.43. The Balaban J connectivity index is 2.12. The molecule has 0 heterocycles. The first kappa shape index (κ1) is 10.1. The second-order valence-electron chi connectivity index (χ2n) is 3.66. The summed E-state index contributed by atoms with van der Waals surface area (Å²) in [5.74, 6) is 0.529. The van der Waals surface area contributed by atoms with E-state index >= 15 is 0 Å². The molecule has 0 spiro atoms. The Morgan fingerprint density at radius 2 is 2.07 bits per heavy atom. The topological polar surface area (TPSA) is 23.8 Å². The molecule has 0 amide bonds. The van der Waals surface area contributed by atoms with Crippen molar-refractivity contribution < 1.29 is 0 Å². The van der Waals surface area contributed by atoms with Crippen LogP contribution in [-0.4, -0.2) is 4.75 Å². The average molecular weight is 268 g/mol. The van der Waals surface area contributed by atoms with Crippen molar-refractivity contribution in [1.82, 2.24) is 0 Å². The minimum Gasteiger partial charge on any atom is -0.197 e. The zero-order valence-corrected chi connectivity index (χ0v) is 10.2. The molecule has 0 N–H and O–H groups in total. The van der Waals surface area contributed by atoms with Gasteiger partial charge in [0.05, 0.1) is 6.07 Å². The van der Waals surface area contributed by atoms with Gasteiger partial charge in [-0.2, -0.15) is 5.26 Å². The second kappa shape index (κ2) is 3.60. The van der Waals surface area contributed by atoms with E-state index in [-0.39, 0.29) is 4.75 Å². The summed E-state index contributed by atoms with van der Waals surface area (Å²) in [5, 5.41) is 9.06. The standard InChI is InChI=1S/C11H10BrNS/c1-8-6-11(8,7-13)14-10-4-2-9(12)3-5-10/h2-5,8H,6H2,1H3. The lowest BCUT2D eigenvalue weighted by Crippen LogP contribution is -2.00. The SMILES string of the molecule is CC1CC1(C#N)Sc1ccc(Br)cc1. The Labute approximate surface area is 96.6 Å². The lowest BCUT2D eigenvalue weighted by molar-refractivity contribution is 0.936. The summed E-state index contributed by atoms with van der Waals surface area (Å²) < 4.78 is 0.935. The normalized spacial score (nSPS) is 29.6. The van der Waals surface area contributed by atoms with Gasteiger partial charge >= 0.3 is 0 Å². The van der Waals surface area contributed by atoms with Gasteiger partial charge in [-0.15, -0.1) is 11.8 Å². The maximum absolute atomic E-state index is 9.06. The maximum atomic E-state index is 9.06. The van der Waals surface area contributed by atoms with Gasteiger partial charge in [0.25, 0.3) is 0 Å². The van der Waals surface area contributed by atoms with E-state index in [4.69, 9.17) is 5.26 Å². The van der Waals surface area contributed by atoms with Gasteiger partial charge in [0.15, 0.2) is 0 Å². The van der Waals surface area contributed by atoms with E-state index in [1.165, 1.54) is 4.90 Å². The highest BCUT2D eigenvalue weighted by molar-refractivity contribution is 9.10. The molecule has 1 saturated carbocycles. The van der Waals surface area contributed by atoms with Crippen molar-refractivity contribution >= 4 is 27.7 Å². The van der Waals surface area contributed by atoms with E-state index in [0.717, 1.165) is 10.9 Å². The van der Waals surface area contributed by atoms with Gasteiger partial charge in [0.1, 0.15) is 4.75 Å². The Morgan fingerprint density at radius 1 is 1.50 bits per heavy atom. The zero-order valence-electron chi connectivity index (χ0n) is 7.83. The molecule has 72 valence electrons. The Hall–Kier alpha value is -0.460. The fourth-order valence-corrected chi connectivity index (χ4v) is 2.97. The summed E-state index contributed by atoms with van der Waals surface area (Å²) in [6, 6.07) is 10.6. The number of halogens is 1. The Kier molecular flexibility index (Phi) is 2.59. The predicted octanol–water partition coefficient (Wildman–Crippen LogP) is 3.84. The van der Waals surface area contributed by atoms with Crippen molar-refractivity contribution in [3.8, 4) is 6.07 Å². The molecule has 1 aromatic rings. The minimum atomic E-state index is -0.145. The summed E-state index contributed by atoms with van der Waals surface area (Å²) in [7, 11) is 0. The number of hydrogen-bond acceptors (Lipinski definition) is 2. The van der Waals surface area contributed by atoms with E-state index in [1.54, 1.807) is 11.8 Å². The van der Waals surface area contributed by atoms with Crippen LogP contribution in [0.3, 0.4) is 0 Å². The summed E-state index contributed by atoms with van der Waals surface area (Å²) >= 11 is 5.09. The number of nitriles is 1. The lowest BCUT2D eigenvalue weighted by atomic mass is 10.4. The van der Waals surface area contributed by atoms with Gasteiger partial charge in [-0.3, -0.25) is 0 Å². The monoisotopic (exact) mass is 267 g/mol. The van der Waals surface area contributed by atoms with E-state index in [1.807, 2.05) is 12.1 Å². The third-order valence-electron chi connectivity index (χ3n) is 2.55. The van der Waals surface area contributed by atoms with Gasteiger partial charge in [-0.25, -0.2) is 0 Å². The molecule has 0 bridgehead atoms. The van der Waals surface area contributed by atoms with Crippen LogP contribution in [0.15, 0.2) is 33.6 Å². The number of thioether (sulfide) groups is 1. The molecule has 0 aromatic heterocycles. The largest absolute Gasteiger partial charge is 0.197 e. The number of rotatable bonds is 2. The summed E-state index contributed by atoms with van der Waals surface area (Å²) in [5.41, 5.74) is 0. The van der Waals surface area contributed by atoms with E-state index < -0.39 is 0 Å². The summed E-state index contributed by atoms with van der Waals surface area (Å²) in [4.78, 5) is 1.18. The Morgan fingerprint density at radius 3 is 2.50 bits per heavy atom. The molecule has 1 nitrogen and oxygen atoms in total. The third-order valence-corrected chi connectivity index (χ3v) is 4.61. The molecule has 14 heavy (non-hydrogen) atoms. The van der Waals surface area contributed by atoms with E-state index in [0.29, 0.717) is 5.92 Å². The first-order valence-corrected chi connectivity index (χ1v) is 6.13. The molecule has 2 rings (SSSR count). The highest BCUT2D eigenvalue weighted by Crippen LogP contribution is 2.56. The molecule has 0 radical (unpaired) electrons. The lowest BCUT2D eigenvalue weighted by Gasteiger charge is -2.06. The number of hydrogen-bond donors (Lipinski definition) is 0. The average Bonchev–Trinajstić information content (AvgIpc) is 2.82. The predicted molar refractivity (Wildman–Crippen MR) is 62.1 cm³/mol. The molecule has 2 atom stereocenters. The van der Waals surface area contributed by atoms with E-state index in [9.17, 15) is 0 Å². The van der Waals surface area contributed by atoms with Crippen LogP contribution < -0.4 is 0 Å². The smallest absolute Gasteiger partial charge is 0.110 e. The summed E-state index contributed by atoms with van der Waals surface area (Å²) in [6.45, 7) is 2.13. The van der Waals surface area contributed by atoms with E-state index in [2.05, 4.69) is 41.1 Å². The van der Waals surface area contributed by atoms with Crippen LogP contribution >= 0.6 is 27.7 Å². The van der Waals surface area contributed by atoms with Crippen LogP contribution in [0.25, 0.3) is 0 Å². The van der Waals surface area contributed by atoms with Crippen LogP contribution in [-0.2, 0) is 0 Å². The highest BCUT2D eigenvalue weighted by Gasteiger charge is 2.52. The first-order chi connectivity index (χ1) is 6.66. The first-order valence-electron chi connectivity index (χ1n) is 4.52. The highest BCUT2D eigenvalue weighted by atomic mass is 79.9. The molecule has 1 aliphatic carbocycles. The van der Waals surface area contributed by atoms with Crippen molar-refractivity contribution in [3.05, 3.63) is 28.7 Å². The van der Waals surface area contributed by atoms with Gasteiger partial charge in [-0.1, -0.05) is 22.9 Å². The molecule has 1 aliphatic rings. The van der Waals surface area contributed by atoms with Crippen LogP contribution in [0.4, 0.5) is 0 Å². The molecule has 0 aliphatic heterocycles. The molecule has 0 saturated heterocycles. The number of nitrogens with zero attached hydrogens (tertiary/aromatic N) is 1. The van der Waals surface area contributed by atoms with Gasteiger partial charge in [-0.05, 0) is 36.6 Å². The van der Waals surface area contributed by atoms with Crippen LogP contribution in [0.5, 0.6) is 0 Å². The maximum Gasteiger partial charge on any atom is 0.110 e. The van der Waals surface area contributed by atoms with Gasteiger partial charge in [0.2, 0.25) is 0 Å². The molecule has 1 aromatic carbocycles. The quantitative estimate of drug-likeness (QED) is 0.813. The summed E-state index contributed by atoms with van der Waals surface area (Å²) in [6.07, 6.45) is 1.02. The van der Waals surface area contributed by atoms with Crippen molar-refractivity contribution in [3.63, 3.8) is 0 Å². The molecule has 1 fully saturated rings. The third kappa shape index (κ3) is 1.82. The van der Waals surface area contributed by atoms with Crippen molar-refractivity contribution in [1.29, 1.82) is 5.26 Å². The van der Waals surface area contributed by atoms with Crippen LogP contribution in [0.1, 0.15) is 13.3 Å². The molecule has 3 heteroatoms.